The molecule has 1 amide bonds. The zero-order valence-corrected chi connectivity index (χ0v) is 15.4. The predicted octanol–water partition coefficient (Wildman–Crippen LogP) is 1.47. The number of carbonyl (C=O) groups excluding carboxylic acids is 1. The van der Waals surface area contributed by atoms with Gasteiger partial charge in [0.1, 0.15) is 12.3 Å². The van der Waals surface area contributed by atoms with E-state index in [1.165, 1.54) is 4.90 Å². The molecule has 0 aliphatic heterocycles. The molecule has 1 aromatic heterocycles. The molecule has 1 rings (SSSR count). The highest BCUT2D eigenvalue weighted by molar-refractivity contribution is 14.0. The lowest BCUT2D eigenvalue weighted by atomic mass is 10.3. The maximum Gasteiger partial charge on any atom is 0.243 e. The van der Waals surface area contributed by atoms with E-state index in [4.69, 9.17) is 4.42 Å². The van der Waals surface area contributed by atoms with Gasteiger partial charge in [-0.15, -0.1) is 24.0 Å². The van der Waals surface area contributed by atoms with Gasteiger partial charge in [0.25, 0.3) is 0 Å². The number of halogens is 1. The first-order valence-electron chi connectivity index (χ1n) is 6.76. The van der Waals surface area contributed by atoms with Gasteiger partial charge in [-0.2, -0.15) is 0 Å². The Hall–Kier alpha value is -1.25. The third kappa shape index (κ3) is 8.59. The van der Waals surface area contributed by atoms with Crippen molar-refractivity contribution in [1.82, 2.24) is 15.5 Å². The van der Waals surface area contributed by atoms with Crippen LogP contribution in [0.1, 0.15) is 19.6 Å². The number of likely N-dealkylation sites (N-methyl/N-ethyl adjacent to an activating group) is 1. The molecule has 0 aliphatic rings. The van der Waals surface area contributed by atoms with Gasteiger partial charge in [-0.05, 0) is 26.0 Å². The Kier molecular flexibility index (Phi) is 9.85. The third-order valence-corrected chi connectivity index (χ3v) is 2.54. The third-order valence-electron chi connectivity index (χ3n) is 2.54. The van der Waals surface area contributed by atoms with Crippen LogP contribution in [0, 0.1) is 0 Å². The van der Waals surface area contributed by atoms with Gasteiger partial charge in [0.2, 0.25) is 5.91 Å². The van der Waals surface area contributed by atoms with Crippen molar-refractivity contribution in [2.24, 2.45) is 4.99 Å². The standard InChI is InChI=1S/C14H24N4O2.HI/c1-11(2)17-14(16-10-13(19)18(3)4)15-8-7-12-6-5-9-20-12;/h5-6,9,11H,7-8,10H2,1-4H3,(H2,15,16,17);1H. The highest BCUT2D eigenvalue weighted by Gasteiger charge is 2.05. The molecule has 7 heteroatoms. The summed E-state index contributed by atoms with van der Waals surface area (Å²) in [5, 5.41) is 6.38. The summed E-state index contributed by atoms with van der Waals surface area (Å²) in [4.78, 5) is 17.3. The molecule has 0 aromatic carbocycles. The number of aliphatic imine (C=N–C) groups is 1. The molecule has 0 aliphatic carbocycles. The fourth-order valence-electron chi connectivity index (χ4n) is 1.47. The molecule has 0 radical (unpaired) electrons. The molecule has 0 bridgehead atoms. The van der Waals surface area contributed by atoms with Crippen molar-refractivity contribution < 1.29 is 9.21 Å². The van der Waals surface area contributed by atoms with Crippen LogP contribution in [0.4, 0.5) is 0 Å². The quantitative estimate of drug-likeness (QED) is 0.425. The van der Waals surface area contributed by atoms with Gasteiger partial charge in [-0.3, -0.25) is 4.79 Å². The van der Waals surface area contributed by atoms with Gasteiger partial charge in [0, 0.05) is 33.1 Å². The summed E-state index contributed by atoms with van der Waals surface area (Å²) in [7, 11) is 3.44. The lowest BCUT2D eigenvalue weighted by molar-refractivity contribution is -0.127. The van der Waals surface area contributed by atoms with E-state index in [2.05, 4.69) is 15.6 Å². The number of furan rings is 1. The summed E-state index contributed by atoms with van der Waals surface area (Å²) >= 11 is 0. The number of nitrogens with one attached hydrogen (secondary N) is 2. The Morgan fingerprint density at radius 3 is 2.67 bits per heavy atom. The van der Waals surface area contributed by atoms with Crippen molar-refractivity contribution in [2.45, 2.75) is 26.3 Å². The van der Waals surface area contributed by atoms with Crippen LogP contribution in [0.2, 0.25) is 0 Å². The summed E-state index contributed by atoms with van der Waals surface area (Å²) in [5.41, 5.74) is 0. The average Bonchev–Trinajstić information content (AvgIpc) is 2.87. The lowest BCUT2D eigenvalue weighted by Crippen LogP contribution is -2.42. The minimum atomic E-state index is -0.0270. The van der Waals surface area contributed by atoms with E-state index in [-0.39, 0.29) is 42.5 Å². The molecule has 6 nitrogen and oxygen atoms in total. The van der Waals surface area contributed by atoms with Crippen molar-refractivity contribution >= 4 is 35.8 Å². The van der Waals surface area contributed by atoms with Crippen molar-refractivity contribution in [1.29, 1.82) is 0 Å². The lowest BCUT2D eigenvalue weighted by Gasteiger charge is -2.15. The monoisotopic (exact) mass is 408 g/mol. The van der Waals surface area contributed by atoms with Gasteiger partial charge in [0.05, 0.1) is 6.26 Å². The van der Waals surface area contributed by atoms with Gasteiger partial charge in [-0.25, -0.2) is 4.99 Å². The maximum absolute atomic E-state index is 11.5. The van der Waals surface area contributed by atoms with E-state index in [9.17, 15) is 4.79 Å². The van der Waals surface area contributed by atoms with E-state index in [0.717, 1.165) is 12.2 Å². The molecule has 2 N–H and O–H groups in total. The molecule has 0 fully saturated rings. The molecule has 0 unspecified atom stereocenters. The Morgan fingerprint density at radius 1 is 1.43 bits per heavy atom. The van der Waals surface area contributed by atoms with Crippen molar-refractivity contribution in [3.05, 3.63) is 24.2 Å². The molecule has 0 spiro atoms. The van der Waals surface area contributed by atoms with Crippen molar-refractivity contribution in [3.8, 4) is 0 Å². The fraction of sp³-hybridized carbons (Fsp3) is 0.571. The van der Waals surface area contributed by atoms with Gasteiger partial charge in [-0.1, -0.05) is 0 Å². The maximum atomic E-state index is 11.5. The van der Waals surface area contributed by atoms with E-state index in [1.807, 2.05) is 26.0 Å². The van der Waals surface area contributed by atoms with E-state index < -0.39 is 0 Å². The second-order valence-corrected chi connectivity index (χ2v) is 5.01. The average molecular weight is 408 g/mol. The molecule has 0 atom stereocenters. The number of carbonyl (C=O) groups is 1. The molecular weight excluding hydrogens is 383 g/mol. The van der Waals surface area contributed by atoms with Gasteiger partial charge in [0.15, 0.2) is 5.96 Å². The Morgan fingerprint density at radius 2 is 2.14 bits per heavy atom. The van der Waals surface area contributed by atoms with Crippen LogP contribution < -0.4 is 10.6 Å². The number of guanidine groups is 1. The van der Waals surface area contributed by atoms with E-state index >= 15 is 0 Å². The number of rotatable bonds is 6. The number of hydrogen-bond donors (Lipinski definition) is 2. The van der Waals surface area contributed by atoms with Crippen LogP contribution in [-0.4, -0.2) is 50.0 Å². The molecule has 0 saturated carbocycles. The first-order valence-corrected chi connectivity index (χ1v) is 6.76. The summed E-state index contributed by atoms with van der Waals surface area (Å²) in [6, 6.07) is 4.05. The second kappa shape index (κ2) is 10.5. The number of amides is 1. The highest BCUT2D eigenvalue weighted by atomic mass is 127. The Bertz CT molecular complexity index is 430. The van der Waals surface area contributed by atoms with Crippen LogP contribution in [0.15, 0.2) is 27.8 Å². The van der Waals surface area contributed by atoms with Gasteiger partial charge < -0.3 is 20.0 Å². The largest absolute Gasteiger partial charge is 0.469 e. The topological polar surface area (TPSA) is 69.9 Å². The van der Waals surface area contributed by atoms with Crippen molar-refractivity contribution in [3.63, 3.8) is 0 Å². The second-order valence-electron chi connectivity index (χ2n) is 5.01. The van der Waals surface area contributed by atoms with Crippen LogP contribution >= 0.6 is 24.0 Å². The number of hydrogen-bond acceptors (Lipinski definition) is 3. The summed E-state index contributed by atoms with van der Waals surface area (Å²) < 4.78 is 5.26. The first kappa shape index (κ1) is 19.8. The van der Waals surface area contributed by atoms with Crippen molar-refractivity contribution in [2.75, 3.05) is 27.2 Å². The van der Waals surface area contributed by atoms with Crippen LogP contribution in [0.3, 0.4) is 0 Å². The normalized spacial score (nSPS) is 11.0. The zero-order valence-electron chi connectivity index (χ0n) is 13.0. The first-order chi connectivity index (χ1) is 9.49. The van der Waals surface area contributed by atoms with Crippen LogP contribution in [0.25, 0.3) is 0 Å². The zero-order chi connectivity index (χ0) is 15.0. The number of nitrogens with zero attached hydrogens (tertiary/aromatic N) is 2. The van der Waals surface area contributed by atoms with Crippen LogP contribution in [0.5, 0.6) is 0 Å². The predicted molar refractivity (Wildman–Crippen MR) is 95.1 cm³/mol. The molecular formula is C14H25IN4O2. The summed E-state index contributed by atoms with van der Waals surface area (Å²) in [6.07, 6.45) is 2.43. The minimum Gasteiger partial charge on any atom is -0.469 e. The van der Waals surface area contributed by atoms with E-state index in [1.54, 1.807) is 20.4 Å². The Balaban J connectivity index is 0.00000400. The Labute approximate surface area is 143 Å². The summed E-state index contributed by atoms with van der Waals surface area (Å²) in [6.45, 7) is 4.88. The fourth-order valence-corrected chi connectivity index (χ4v) is 1.47. The SMILES string of the molecule is CC(C)NC(=NCC(=O)N(C)C)NCCc1ccco1.I. The van der Waals surface area contributed by atoms with Crippen LogP contribution in [-0.2, 0) is 11.2 Å². The molecule has 120 valence electrons. The summed E-state index contributed by atoms with van der Waals surface area (Å²) in [5.74, 6) is 1.54. The van der Waals surface area contributed by atoms with Gasteiger partial charge >= 0.3 is 0 Å². The molecule has 1 aromatic rings. The smallest absolute Gasteiger partial charge is 0.243 e. The minimum absolute atomic E-state index is 0. The molecule has 21 heavy (non-hydrogen) atoms. The van der Waals surface area contributed by atoms with E-state index in [0.29, 0.717) is 12.5 Å². The highest BCUT2D eigenvalue weighted by Crippen LogP contribution is 1.99. The molecule has 1 heterocycles. The molecule has 0 saturated heterocycles.